The number of hydrogen-bond donors (Lipinski definition) is 0. The van der Waals surface area contributed by atoms with Gasteiger partial charge in [0.25, 0.3) is 0 Å². The minimum Gasteiger partial charge on any atom is -0.248 e. The van der Waals surface area contributed by atoms with Gasteiger partial charge in [0.15, 0.2) is 5.84 Å². The minimum absolute atomic E-state index is 0.107. The first kappa shape index (κ1) is 31.8. The summed E-state index contributed by atoms with van der Waals surface area (Å²) in [4.78, 5) is 15.9. The summed E-state index contributed by atoms with van der Waals surface area (Å²) in [5.41, 5.74) is 17.1. The van der Waals surface area contributed by atoms with Crippen molar-refractivity contribution in [2.24, 2.45) is 9.98 Å². The molecule has 0 N–H and O–H groups in total. The third-order valence-corrected chi connectivity index (χ3v) is 10.8. The van der Waals surface area contributed by atoms with Crippen molar-refractivity contribution in [2.75, 3.05) is 0 Å². The highest BCUT2D eigenvalue weighted by atomic mass is 14.9. The van der Waals surface area contributed by atoms with Crippen LogP contribution in [0, 0.1) is 0 Å². The number of fused-ring (bicyclic) bond motifs is 4. The van der Waals surface area contributed by atoms with Crippen LogP contribution < -0.4 is 0 Å². The van der Waals surface area contributed by atoms with Gasteiger partial charge < -0.3 is 0 Å². The van der Waals surface area contributed by atoms with Crippen molar-refractivity contribution in [1.29, 1.82) is 0 Å². The molecule has 2 heterocycles. The number of pyridine rings is 1. The fourth-order valence-corrected chi connectivity index (χ4v) is 7.95. The topological polar surface area (TPSA) is 37.6 Å². The third-order valence-electron chi connectivity index (χ3n) is 10.8. The van der Waals surface area contributed by atoms with E-state index in [0.29, 0.717) is 0 Å². The van der Waals surface area contributed by atoms with Gasteiger partial charge in [0.1, 0.15) is 0 Å². The highest BCUT2D eigenvalue weighted by Crippen LogP contribution is 2.50. The third kappa shape index (κ3) is 5.59. The minimum atomic E-state index is -0.107. The molecule has 7 aromatic rings. The molecule has 0 saturated heterocycles. The van der Waals surface area contributed by atoms with E-state index in [0.717, 1.165) is 80.1 Å². The normalized spacial score (nSPS) is 16.4. The smallest absolute Gasteiger partial charge is 0.160 e. The number of hydrogen-bond acceptors (Lipinski definition) is 3. The van der Waals surface area contributed by atoms with Gasteiger partial charge in [-0.25, -0.2) is 15.0 Å². The lowest BCUT2D eigenvalue weighted by Gasteiger charge is -2.22. The van der Waals surface area contributed by atoms with Gasteiger partial charge in [0.05, 0.1) is 22.6 Å². The Morgan fingerprint density at radius 3 is 1.87 bits per heavy atom. The van der Waals surface area contributed by atoms with Crippen LogP contribution in [0.1, 0.15) is 61.4 Å². The Hall–Kier alpha value is -6.19. The summed E-state index contributed by atoms with van der Waals surface area (Å²) in [6.45, 7) is 6.88. The molecule has 1 aromatic heterocycles. The largest absolute Gasteiger partial charge is 0.248 e. The average molecular weight is 670 g/mol. The molecule has 52 heavy (non-hydrogen) atoms. The molecule has 2 aliphatic rings. The van der Waals surface area contributed by atoms with Crippen LogP contribution in [0.4, 0.5) is 0 Å². The fraction of sp³-hybridized carbons (Fsp3) is 0.122. The summed E-state index contributed by atoms with van der Waals surface area (Å²) in [6, 6.07) is 56.1. The molecule has 0 bridgehead atoms. The lowest BCUT2D eigenvalue weighted by molar-refractivity contribution is 0.661. The molecule has 0 radical (unpaired) electrons. The zero-order chi connectivity index (χ0) is 35.2. The zero-order valence-corrected chi connectivity index (χ0v) is 29.8. The Kier molecular flexibility index (Phi) is 7.85. The Balaban J connectivity index is 1.23. The highest BCUT2D eigenvalue weighted by molar-refractivity contribution is 6.14. The maximum atomic E-state index is 5.38. The molecule has 0 fully saturated rings. The van der Waals surface area contributed by atoms with E-state index < -0.39 is 0 Å². The molecular formula is C49H39N3. The molecule has 3 heteroatoms. The van der Waals surface area contributed by atoms with E-state index in [1.54, 1.807) is 0 Å². The van der Waals surface area contributed by atoms with Gasteiger partial charge in [0.2, 0.25) is 0 Å². The second-order valence-electron chi connectivity index (χ2n) is 14.4. The van der Waals surface area contributed by atoms with Gasteiger partial charge in [-0.1, -0.05) is 147 Å². The predicted octanol–water partition coefficient (Wildman–Crippen LogP) is 12.3. The lowest BCUT2D eigenvalue weighted by Crippen LogP contribution is -2.14. The molecule has 0 spiro atoms. The molecule has 9 rings (SSSR count). The van der Waals surface area contributed by atoms with Gasteiger partial charge in [-0.3, -0.25) is 0 Å². The van der Waals surface area contributed by atoms with Crippen LogP contribution in [0.5, 0.6) is 0 Å². The summed E-state index contributed by atoms with van der Waals surface area (Å²) < 4.78 is 0. The van der Waals surface area contributed by atoms with Crippen molar-refractivity contribution >= 4 is 28.1 Å². The molecule has 0 amide bonds. The molecule has 0 atom stereocenters. The van der Waals surface area contributed by atoms with E-state index in [1.807, 2.05) is 6.07 Å². The number of allylic oxidation sites excluding steroid dienone is 1. The lowest BCUT2D eigenvalue weighted by atomic mass is 9.82. The van der Waals surface area contributed by atoms with E-state index in [2.05, 4.69) is 172 Å². The summed E-state index contributed by atoms with van der Waals surface area (Å²) in [6.07, 6.45) is 1.71. The molecule has 1 aliphatic heterocycles. The van der Waals surface area contributed by atoms with Gasteiger partial charge in [-0.15, -0.1) is 0 Å². The number of amidine groups is 1. The average Bonchev–Trinajstić information content (AvgIpc) is 3.41. The maximum Gasteiger partial charge on any atom is 0.160 e. The highest BCUT2D eigenvalue weighted by Gasteiger charge is 2.35. The Bertz CT molecular complexity index is 2580. The summed E-state index contributed by atoms with van der Waals surface area (Å²) in [5, 5.41) is 1.15. The van der Waals surface area contributed by atoms with E-state index >= 15 is 0 Å². The molecular weight excluding hydrogens is 631 g/mol. The van der Waals surface area contributed by atoms with E-state index in [9.17, 15) is 0 Å². The van der Waals surface area contributed by atoms with Gasteiger partial charge >= 0.3 is 0 Å². The Morgan fingerprint density at radius 1 is 0.481 bits per heavy atom. The van der Waals surface area contributed by atoms with E-state index in [1.165, 1.54) is 27.8 Å². The zero-order valence-electron chi connectivity index (χ0n) is 29.8. The monoisotopic (exact) mass is 669 g/mol. The maximum absolute atomic E-state index is 5.38. The summed E-state index contributed by atoms with van der Waals surface area (Å²) in [5.74, 6) is 0.733. The van der Waals surface area contributed by atoms with Gasteiger partial charge in [-0.2, -0.15) is 0 Å². The van der Waals surface area contributed by atoms with Crippen molar-refractivity contribution in [3.63, 3.8) is 0 Å². The van der Waals surface area contributed by atoms with Crippen LogP contribution in [0.25, 0.3) is 50.1 Å². The van der Waals surface area contributed by atoms with Crippen molar-refractivity contribution in [3.8, 4) is 33.5 Å². The second kappa shape index (κ2) is 12.9. The SMILES string of the molecule is C/C1=C(/c2cccc(-c3cc(-c4ccccc4)nc4cc5c(cc34)-c3ccccc3C5(C)C)c2)N=C(c2ccccc2)N=C(c2ccccc2)CC1. The van der Waals surface area contributed by atoms with Crippen LogP contribution in [-0.4, -0.2) is 16.5 Å². The van der Waals surface area contributed by atoms with Crippen molar-refractivity contribution in [3.05, 3.63) is 191 Å². The van der Waals surface area contributed by atoms with E-state index in [-0.39, 0.29) is 5.41 Å². The molecule has 3 nitrogen and oxygen atoms in total. The molecule has 0 saturated carbocycles. The summed E-state index contributed by atoms with van der Waals surface area (Å²) >= 11 is 0. The van der Waals surface area contributed by atoms with Crippen LogP contribution in [0.3, 0.4) is 0 Å². The standard InChI is InChI=1S/C49H39N3/c1-32-26-27-44(33-16-7-4-8-17-33)51-48(35-20-11-6-12-21-35)52-47(32)37-23-15-22-36(28-37)39-30-45(34-18-9-5-10-19-34)50-46-31-43-40(29-41(39)46)38-24-13-14-25-42(38)49(43,2)3/h4-25,28-31H,26-27H2,1-3H3/b47-32+,51-44?,52-48?. The number of rotatable bonds is 5. The van der Waals surface area contributed by atoms with Gasteiger partial charge in [0, 0.05) is 27.5 Å². The van der Waals surface area contributed by atoms with Crippen molar-refractivity contribution in [2.45, 2.75) is 39.0 Å². The van der Waals surface area contributed by atoms with Crippen LogP contribution in [0.2, 0.25) is 0 Å². The fourth-order valence-electron chi connectivity index (χ4n) is 7.95. The first-order chi connectivity index (χ1) is 25.4. The molecule has 0 unspecified atom stereocenters. The number of benzene rings is 6. The summed E-state index contributed by atoms with van der Waals surface area (Å²) in [7, 11) is 0. The van der Waals surface area contributed by atoms with E-state index in [4.69, 9.17) is 15.0 Å². The number of aromatic nitrogens is 1. The van der Waals surface area contributed by atoms with Crippen molar-refractivity contribution in [1.82, 2.24) is 4.98 Å². The quantitative estimate of drug-likeness (QED) is 0.180. The number of nitrogens with zero attached hydrogens (tertiary/aromatic N) is 3. The van der Waals surface area contributed by atoms with Crippen LogP contribution >= 0.6 is 0 Å². The predicted molar refractivity (Wildman–Crippen MR) is 218 cm³/mol. The van der Waals surface area contributed by atoms with Crippen LogP contribution in [0.15, 0.2) is 173 Å². The molecule has 250 valence electrons. The van der Waals surface area contributed by atoms with Crippen molar-refractivity contribution < 1.29 is 0 Å². The first-order valence-electron chi connectivity index (χ1n) is 18.2. The Morgan fingerprint density at radius 2 is 1.12 bits per heavy atom. The molecule has 6 aromatic carbocycles. The number of aliphatic imine (C=N–C) groups is 2. The first-order valence-corrected chi connectivity index (χ1v) is 18.2. The van der Waals surface area contributed by atoms with Crippen LogP contribution in [-0.2, 0) is 5.41 Å². The van der Waals surface area contributed by atoms with Gasteiger partial charge in [-0.05, 0) is 88.5 Å². The molecule has 1 aliphatic carbocycles. The Labute approximate surface area is 305 Å². The second-order valence-corrected chi connectivity index (χ2v) is 14.4.